The van der Waals surface area contributed by atoms with Crippen molar-refractivity contribution in [3.63, 3.8) is 0 Å². The number of carbonyl (C=O) groups is 2. The van der Waals surface area contributed by atoms with Gasteiger partial charge in [0.1, 0.15) is 12.2 Å². The Bertz CT molecular complexity index is 544. The third-order valence-electron chi connectivity index (χ3n) is 2.62. The molecule has 0 unspecified atom stereocenters. The Labute approximate surface area is 114 Å². The average Bonchev–Trinajstić information content (AvgIpc) is 2.36. The summed E-state index contributed by atoms with van der Waals surface area (Å²) >= 11 is 0. The summed E-state index contributed by atoms with van der Waals surface area (Å²) in [5.41, 5.74) is 4.91. The highest BCUT2D eigenvalue weighted by Crippen LogP contribution is 2.29. The van der Waals surface area contributed by atoms with Crippen LogP contribution in [0.1, 0.15) is 23.7 Å². The number of nitrogens with zero attached hydrogens (tertiary/aromatic N) is 2. The van der Waals surface area contributed by atoms with Crippen molar-refractivity contribution in [3.05, 3.63) is 33.9 Å². The maximum atomic E-state index is 11.1. The van der Waals surface area contributed by atoms with E-state index < -0.39 is 16.8 Å². The number of aliphatic carboxylic acids is 1. The van der Waals surface area contributed by atoms with Crippen LogP contribution in [0.3, 0.4) is 0 Å². The smallest absolute Gasteiger partial charge is 0.323 e. The minimum absolute atomic E-state index is 0.00669. The van der Waals surface area contributed by atoms with Crippen LogP contribution in [0.25, 0.3) is 0 Å². The number of nitro benzene ring substituents is 1. The fourth-order valence-corrected chi connectivity index (χ4v) is 1.81. The summed E-state index contributed by atoms with van der Waals surface area (Å²) in [7, 11) is 0. The molecule has 8 heteroatoms. The first-order chi connectivity index (χ1) is 9.36. The van der Waals surface area contributed by atoms with Gasteiger partial charge in [-0.3, -0.25) is 19.7 Å². The lowest BCUT2D eigenvalue weighted by Crippen LogP contribution is -2.31. The van der Waals surface area contributed by atoms with E-state index in [9.17, 15) is 19.7 Å². The maximum absolute atomic E-state index is 11.1. The fraction of sp³-hybridized carbons (Fsp3) is 0.333. The van der Waals surface area contributed by atoms with Crippen LogP contribution in [0, 0.1) is 10.1 Å². The van der Waals surface area contributed by atoms with Gasteiger partial charge < -0.3 is 15.7 Å². The Morgan fingerprint density at radius 3 is 2.55 bits per heavy atom. The Morgan fingerprint density at radius 1 is 1.45 bits per heavy atom. The van der Waals surface area contributed by atoms with Crippen molar-refractivity contribution in [1.82, 2.24) is 0 Å². The van der Waals surface area contributed by atoms with E-state index in [0.29, 0.717) is 13.0 Å². The van der Waals surface area contributed by atoms with Gasteiger partial charge in [-0.15, -0.1) is 0 Å². The Kier molecular flexibility index (Phi) is 5.01. The van der Waals surface area contributed by atoms with Crippen molar-refractivity contribution < 1.29 is 19.6 Å². The summed E-state index contributed by atoms with van der Waals surface area (Å²) in [5.74, 6) is -1.87. The number of nitro groups is 1. The van der Waals surface area contributed by atoms with Crippen LogP contribution >= 0.6 is 0 Å². The molecule has 0 saturated heterocycles. The summed E-state index contributed by atoms with van der Waals surface area (Å²) in [6.45, 7) is 1.83. The van der Waals surface area contributed by atoms with Gasteiger partial charge in [0, 0.05) is 18.2 Å². The quantitative estimate of drug-likeness (QED) is 0.567. The molecule has 0 aliphatic heterocycles. The number of anilines is 1. The molecule has 0 aromatic heterocycles. The number of nitrogens with two attached hydrogens (primary N) is 1. The van der Waals surface area contributed by atoms with E-state index >= 15 is 0 Å². The molecule has 20 heavy (non-hydrogen) atoms. The summed E-state index contributed by atoms with van der Waals surface area (Å²) in [4.78, 5) is 33.7. The van der Waals surface area contributed by atoms with Crippen molar-refractivity contribution >= 4 is 23.3 Å². The van der Waals surface area contributed by atoms with Crippen LogP contribution < -0.4 is 10.6 Å². The molecule has 3 N–H and O–H groups in total. The lowest BCUT2D eigenvalue weighted by molar-refractivity contribution is -0.384. The number of benzene rings is 1. The highest BCUT2D eigenvalue weighted by molar-refractivity contribution is 5.94. The molecule has 0 fully saturated rings. The first-order valence-corrected chi connectivity index (χ1v) is 5.91. The normalized spacial score (nSPS) is 10.1. The average molecular weight is 281 g/mol. The number of primary amides is 1. The van der Waals surface area contributed by atoms with Crippen LogP contribution in [-0.4, -0.2) is 35.0 Å². The summed E-state index contributed by atoms with van der Waals surface area (Å²) < 4.78 is 0. The molecule has 0 heterocycles. The van der Waals surface area contributed by atoms with E-state index in [0.717, 1.165) is 6.07 Å². The van der Waals surface area contributed by atoms with Crippen molar-refractivity contribution in [2.24, 2.45) is 5.73 Å². The van der Waals surface area contributed by atoms with Gasteiger partial charge in [0.15, 0.2) is 0 Å². The molecule has 1 amide bonds. The zero-order valence-corrected chi connectivity index (χ0v) is 10.9. The molecule has 0 saturated carbocycles. The Balaban J connectivity index is 3.29. The van der Waals surface area contributed by atoms with Crippen LogP contribution in [0.5, 0.6) is 0 Å². The number of amides is 1. The molecule has 8 nitrogen and oxygen atoms in total. The molecular formula is C12H15N3O5. The van der Waals surface area contributed by atoms with Gasteiger partial charge in [0.05, 0.1) is 4.92 Å². The first-order valence-electron chi connectivity index (χ1n) is 5.91. The highest BCUT2D eigenvalue weighted by Gasteiger charge is 2.22. The molecule has 1 aromatic rings. The maximum Gasteiger partial charge on any atom is 0.323 e. The van der Waals surface area contributed by atoms with Gasteiger partial charge in [-0.05, 0) is 18.6 Å². The van der Waals surface area contributed by atoms with E-state index in [-0.39, 0.29) is 23.5 Å². The largest absolute Gasteiger partial charge is 0.480 e. The van der Waals surface area contributed by atoms with E-state index in [1.807, 2.05) is 6.92 Å². The molecule has 1 aromatic carbocycles. The van der Waals surface area contributed by atoms with Gasteiger partial charge in [0.25, 0.3) is 5.69 Å². The summed E-state index contributed by atoms with van der Waals surface area (Å²) in [5, 5.41) is 19.9. The van der Waals surface area contributed by atoms with Crippen LogP contribution in [-0.2, 0) is 4.79 Å². The summed E-state index contributed by atoms with van der Waals surface area (Å²) in [6.07, 6.45) is 0.627. The van der Waals surface area contributed by atoms with E-state index in [1.54, 1.807) is 0 Å². The second-order valence-corrected chi connectivity index (χ2v) is 4.14. The molecule has 0 atom stereocenters. The number of hydrogen-bond donors (Lipinski definition) is 2. The van der Waals surface area contributed by atoms with Gasteiger partial charge >= 0.3 is 5.97 Å². The predicted molar refractivity (Wildman–Crippen MR) is 71.8 cm³/mol. The van der Waals surface area contributed by atoms with Crippen molar-refractivity contribution in [1.29, 1.82) is 0 Å². The lowest BCUT2D eigenvalue weighted by atomic mass is 10.1. The third kappa shape index (κ3) is 3.67. The predicted octanol–water partition coefficient (Wildman–Crippen LogP) is 0.995. The summed E-state index contributed by atoms with van der Waals surface area (Å²) in [6, 6.07) is 3.74. The zero-order valence-electron chi connectivity index (χ0n) is 10.9. The minimum atomic E-state index is -1.09. The van der Waals surface area contributed by atoms with E-state index in [4.69, 9.17) is 10.8 Å². The van der Waals surface area contributed by atoms with Gasteiger partial charge in [-0.25, -0.2) is 0 Å². The third-order valence-corrected chi connectivity index (χ3v) is 2.62. The molecule has 0 aliphatic rings. The monoisotopic (exact) mass is 281 g/mol. The standard InChI is InChI=1S/C12H15N3O5/c1-2-5-14(7-11(16)17)9-4-3-8(12(13)18)6-10(9)15(19)20/h3-4,6H,2,5,7H2,1H3,(H2,13,18)(H,16,17). The van der Waals surface area contributed by atoms with Crippen molar-refractivity contribution in [2.45, 2.75) is 13.3 Å². The van der Waals surface area contributed by atoms with Crippen LogP contribution in [0.4, 0.5) is 11.4 Å². The number of carboxylic acids is 1. The van der Waals surface area contributed by atoms with Crippen molar-refractivity contribution in [3.8, 4) is 0 Å². The van der Waals surface area contributed by atoms with Gasteiger partial charge in [-0.1, -0.05) is 6.92 Å². The number of hydrogen-bond acceptors (Lipinski definition) is 5. The minimum Gasteiger partial charge on any atom is -0.480 e. The Morgan fingerprint density at radius 2 is 2.10 bits per heavy atom. The second kappa shape index (κ2) is 6.50. The lowest BCUT2D eigenvalue weighted by Gasteiger charge is -2.22. The highest BCUT2D eigenvalue weighted by atomic mass is 16.6. The molecule has 1 rings (SSSR count). The SMILES string of the molecule is CCCN(CC(=O)O)c1ccc(C(N)=O)cc1[N+](=O)[O-]. The van der Waals surface area contributed by atoms with E-state index in [1.165, 1.54) is 17.0 Å². The number of carbonyl (C=O) groups excluding carboxylic acids is 1. The van der Waals surface area contributed by atoms with Crippen LogP contribution in [0.2, 0.25) is 0 Å². The van der Waals surface area contributed by atoms with Crippen LogP contribution in [0.15, 0.2) is 18.2 Å². The number of rotatable bonds is 7. The zero-order chi connectivity index (χ0) is 15.3. The van der Waals surface area contributed by atoms with Crippen molar-refractivity contribution in [2.75, 3.05) is 18.0 Å². The first kappa shape index (κ1) is 15.4. The molecule has 108 valence electrons. The molecule has 0 radical (unpaired) electrons. The molecular weight excluding hydrogens is 266 g/mol. The molecule has 0 aliphatic carbocycles. The molecule has 0 bridgehead atoms. The van der Waals surface area contributed by atoms with Gasteiger partial charge in [-0.2, -0.15) is 0 Å². The van der Waals surface area contributed by atoms with E-state index in [2.05, 4.69) is 0 Å². The number of carboxylic acid groups (broad SMARTS) is 1. The van der Waals surface area contributed by atoms with Gasteiger partial charge in [0.2, 0.25) is 5.91 Å². The topological polar surface area (TPSA) is 127 Å². The fourth-order valence-electron chi connectivity index (χ4n) is 1.81. The second-order valence-electron chi connectivity index (χ2n) is 4.14. The Hall–Kier alpha value is -2.64. The molecule has 0 spiro atoms.